The lowest BCUT2D eigenvalue weighted by molar-refractivity contribution is -0.0498. The van der Waals surface area contributed by atoms with Gasteiger partial charge in [-0.25, -0.2) is 13.4 Å². The van der Waals surface area contributed by atoms with Gasteiger partial charge in [0.05, 0.1) is 10.6 Å². The van der Waals surface area contributed by atoms with Crippen molar-refractivity contribution in [2.75, 3.05) is 5.75 Å². The summed E-state index contributed by atoms with van der Waals surface area (Å²) in [6.45, 7) is -1.29. The number of halogens is 2. The smallest absolute Gasteiger partial charge is 0.387 e. The van der Waals surface area contributed by atoms with E-state index < -0.39 is 16.4 Å². The van der Waals surface area contributed by atoms with Crippen LogP contribution in [0.3, 0.4) is 0 Å². The van der Waals surface area contributed by atoms with Crippen molar-refractivity contribution < 1.29 is 26.4 Å². The fraction of sp³-hybridized carbons (Fsp3) is 0.167. The Morgan fingerprint density at radius 3 is 2.54 bits per heavy atom. The molecule has 0 unspecified atom stereocenters. The Bertz CT molecular complexity index is 1040. The number of fused-ring (bicyclic) bond motifs is 1. The normalized spacial score (nSPS) is 12.3. The molecule has 1 heterocycles. The van der Waals surface area contributed by atoms with E-state index in [1.165, 1.54) is 24.3 Å². The first-order valence-corrected chi connectivity index (χ1v) is 9.39. The zero-order chi connectivity index (χ0) is 18.7. The van der Waals surface area contributed by atoms with Crippen LogP contribution in [0.25, 0.3) is 23.3 Å². The standard InChI is InChI=1S/C18H15F2NO4S/c1-2-26(22,23)14-8-9-16-15(11-14)21-17(25-16)10-5-12-3-6-13(7-4-12)24-18(19)20/h3-11,18H,2H2,1H3/b10-5+. The highest BCUT2D eigenvalue weighted by molar-refractivity contribution is 7.91. The van der Waals surface area contributed by atoms with Crippen molar-refractivity contribution in [2.45, 2.75) is 18.4 Å². The topological polar surface area (TPSA) is 69.4 Å². The third-order valence-electron chi connectivity index (χ3n) is 3.64. The molecule has 0 bridgehead atoms. The van der Waals surface area contributed by atoms with Crippen molar-refractivity contribution in [1.29, 1.82) is 0 Å². The van der Waals surface area contributed by atoms with Crippen LogP contribution >= 0.6 is 0 Å². The quantitative estimate of drug-likeness (QED) is 0.635. The number of hydrogen-bond acceptors (Lipinski definition) is 5. The maximum atomic E-state index is 12.1. The molecule has 2 aromatic carbocycles. The van der Waals surface area contributed by atoms with Gasteiger partial charge in [0, 0.05) is 6.08 Å². The molecular formula is C18H15F2NO4S. The van der Waals surface area contributed by atoms with Gasteiger partial charge >= 0.3 is 6.61 Å². The van der Waals surface area contributed by atoms with Gasteiger partial charge in [-0.05, 0) is 42.0 Å². The molecule has 0 spiro atoms. The highest BCUT2D eigenvalue weighted by Gasteiger charge is 2.14. The zero-order valence-electron chi connectivity index (χ0n) is 13.7. The Hall–Kier alpha value is -2.74. The first kappa shape index (κ1) is 18.1. The molecule has 0 saturated heterocycles. The molecule has 0 aliphatic heterocycles. The summed E-state index contributed by atoms with van der Waals surface area (Å²) in [5.41, 5.74) is 1.66. The van der Waals surface area contributed by atoms with Gasteiger partial charge in [0.25, 0.3) is 0 Å². The fourth-order valence-electron chi connectivity index (χ4n) is 2.28. The van der Waals surface area contributed by atoms with E-state index in [4.69, 9.17) is 4.42 Å². The molecule has 0 fully saturated rings. The second kappa shape index (κ2) is 7.25. The maximum absolute atomic E-state index is 12.1. The number of sulfone groups is 1. The molecule has 0 radical (unpaired) electrons. The van der Waals surface area contributed by atoms with Gasteiger partial charge in [0.2, 0.25) is 5.89 Å². The zero-order valence-corrected chi connectivity index (χ0v) is 14.5. The minimum atomic E-state index is -3.31. The van der Waals surface area contributed by atoms with Gasteiger partial charge in [-0.15, -0.1) is 0 Å². The Balaban J connectivity index is 1.81. The van der Waals surface area contributed by atoms with E-state index >= 15 is 0 Å². The predicted octanol–water partition coefficient (Wildman–Crippen LogP) is 4.39. The molecule has 0 atom stereocenters. The van der Waals surface area contributed by atoms with E-state index in [-0.39, 0.29) is 16.4 Å². The summed E-state index contributed by atoms with van der Waals surface area (Å²) in [6, 6.07) is 10.6. The average Bonchev–Trinajstić information content (AvgIpc) is 3.02. The summed E-state index contributed by atoms with van der Waals surface area (Å²) in [5.74, 6) is 0.386. The summed E-state index contributed by atoms with van der Waals surface area (Å²) in [6.07, 6.45) is 3.30. The molecule has 0 aliphatic carbocycles. The third-order valence-corrected chi connectivity index (χ3v) is 5.37. The molecule has 0 amide bonds. The van der Waals surface area contributed by atoms with Gasteiger partial charge < -0.3 is 9.15 Å². The van der Waals surface area contributed by atoms with Gasteiger partial charge in [-0.2, -0.15) is 8.78 Å². The summed E-state index contributed by atoms with van der Waals surface area (Å²) < 4.78 is 57.9. The predicted molar refractivity (Wildman–Crippen MR) is 93.7 cm³/mol. The summed E-state index contributed by atoms with van der Waals surface area (Å²) in [4.78, 5) is 4.45. The van der Waals surface area contributed by atoms with Gasteiger partial charge in [0.1, 0.15) is 11.3 Å². The lowest BCUT2D eigenvalue weighted by Gasteiger charge is -2.03. The Kier molecular flexibility index (Phi) is 5.03. The van der Waals surface area contributed by atoms with Crippen LogP contribution in [0.5, 0.6) is 5.75 Å². The van der Waals surface area contributed by atoms with E-state index in [0.29, 0.717) is 17.0 Å². The van der Waals surface area contributed by atoms with Crippen LogP contribution in [-0.4, -0.2) is 25.8 Å². The molecular weight excluding hydrogens is 364 g/mol. The van der Waals surface area contributed by atoms with Gasteiger partial charge in [-0.1, -0.05) is 19.1 Å². The first-order chi connectivity index (χ1) is 12.4. The lowest BCUT2D eigenvalue weighted by Crippen LogP contribution is -2.03. The number of rotatable bonds is 6. The summed E-state index contributed by atoms with van der Waals surface area (Å²) >= 11 is 0. The van der Waals surface area contributed by atoms with Gasteiger partial charge in [-0.3, -0.25) is 0 Å². The Morgan fingerprint density at radius 2 is 1.88 bits per heavy atom. The van der Waals surface area contributed by atoms with Crippen molar-refractivity contribution in [3.8, 4) is 5.75 Å². The molecule has 8 heteroatoms. The van der Waals surface area contributed by atoms with Crippen LogP contribution in [0.2, 0.25) is 0 Å². The maximum Gasteiger partial charge on any atom is 0.387 e. The minimum Gasteiger partial charge on any atom is -0.437 e. The van der Waals surface area contributed by atoms with Crippen molar-refractivity contribution in [1.82, 2.24) is 4.98 Å². The minimum absolute atomic E-state index is 0.00832. The van der Waals surface area contributed by atoms with Crippen LogP contribution in [0.4, 0.5) is 8.78 Å². The van der Waals surface area contributed by atoms with Crippen LogP contribution in [0.15, 0.2) is 51.8 Å². The Morgan fingerprint density at radius 1 is 1.15 bits per heavy atom. The molecule has 3 rings (SSSR count). The first-order valence-electron chi connectivity index (χ1n) is 7.74. The largest absolute Gasteiger partial charge is 0.437 e. The number of oxazole rings is 1. The summed E-state index contributed by atoms with van der Waals surface area (Å²) in [5, 5.41) is 0. The molecule has 0 N–H and O–H groups in total. The monoisotopic (exact) mass is 379 g/mol. The highest BCUT2D eigenvalue weighted by Crippen LogP contribution is 2.22. The van der Waals surface area contributed by atoms with E-state index in [9.17, 15) is 17.2 Å². The number of benzene rings is 2. The average molecular weight is 379 g/mol. The molecule has 0 aliphatic rings. The number of nitrogens with zero attached hydrogens (tertiary/aromatic N) is 1. The van der Waals surface area contributed by atoms with Gasteiger partial charge in [0.15, 0.2) is 15.4 Å². The fourth-order valence-corrected chi connectivity index (χ4v) is 3.18. The van der Waals surface area contributed by atoms with Crippen LogP contribution < -0.4 is 4.74 Å². The van der Waals surface area contributed by atoms with E-state index in [2.05, 4.69) is 9.72 Å². The van der Waals surface area contributed by atoms with E-state index in [1.807, 2.05) is 0 Å². The second-order valence-electron chi connectivity index (χ2n) is 5.37. The number of alkyl halides is 2. The summed E-state index contributed by atoms with van der Waals surface area (Å²) in [7, 11) is -3.31. The Labute approximate surface area is 148 Å². The van der Waals surface area contributed by atoms with Crippen molar-refractivity contribution >= 4 is 33.1 Å². The molecule has 0 saturated carbocycles. The van der Waals surface area contributed by atoms with Crippen molar-refractivity contribution in [3.05, 3.63) is 53.9 Å². The van der Waals surface area contributed by atoms with Crippen molar-refractivity contribution in [3.63, 3.8) is 0 Å². The van der Waals surface area contributed by atoms with Crippen molar-refractivity contribution in [2.24, 2.45) is 0 Å². The SMILES string of the molecule is CCS(=O)(=O)c1ccc2oc(/C=C/c3ccc(OC(F)F)cc3)nc2c1. The van der Waals surface area contributed by atoms with E-state index in [1.54, 1.807) is 37.3 Å². The van der Waals surface area contributed by atoms with Crippen LogP contribution in [0, 0.1) is 0 Å². The lowest BCUT2D eigenvalue weighted by atomic mass is 10.2. The molecule has 26 heavy (non-hydrogen) atoms. The number of hydrogen-bond donors (Lipinski definition) is 0. The second-order valence-corrected chi connectivity index (χ2v) is 7.64. The van der Waals surface area contributed by atoms with E-state index in [0.717, 1.165) is 5.56 Å². The third kappa shape index (κ3) is 4.08. The van der Waals surface area contributed by atoms with Crippen LogP contribution in [-0.2, 0) is 9.84 Å². The molecule has 1 aromatic heterocycles. The van der Waals surface area contributed by atoms with Crippen LogP contribution in [0.1, 0.15) is 18.4 Å². The highest BCUT2D eigenvalue weighted by atomic mass is 32.2. The molecule has 136 valence electrons. The number of ether oxygens (including phenoxy) is 1. The molecule has 5 nitrogen and oxygen atoms in total. The molecule has 3 aromatic rings. The number of aromatic nitrogens is 1.